The highest BCUT2D eigenvalue weighted by molar-refractivity contribution is 14.0. The Morgan fingerprint density at radius 1 is 1.24 bits per heavy atom. The average molecular weight is 568 g/mol. The van der Waals surface area contributed by atoms with E-state index in [9.17, 15) is 0 Å². The van der Waals surface area contributed by atoms with Crippen LogP contribution in [-0.2, 0) is 19.5 Å². The summed E-state index contributed by atoms with van der Waals surface area (Å²) in [4.78, 5) is 13.5. The molecule has 2 aliphatic rings. The molecule has 1 unspecified atom stereocenters. The fourth-order valence-electron chi connectivity index (χ4n) is 4.41. The van der Waals surface area contributed by atoms with Crippen LogP contribution in [0.3, 0.4) is 0 Å². The number of ether oxygens (including phenoxy) is 1. The molecule has 1 fully saturated rings. The molecule has 0 bridgehead atoms. The average Bonchev–Trinajstić information content (AvgIpc) is 3.22. The molecule has 3 heterocycles. The van der Waals surface area contributed by atoms with Crippen molar-refractivity contribution in [3.05, 3.63) is 35.5 Å². The third-order valence-corrected chi connectivity index (χ3v) is 6.46. The molecule has 33 heavy (non-hydrogen) atoms. The van der Waals surface area contributed by atoms with Gasteiger partial charge in [-0.15, -0.1) is 24.0 Å². The zero-order valence-corrected chi connectivity index (χ0v) is 22.6. The van der Waals surface area contributed by atoms with Crippen molar-refractivity contribution in [2.45, 2.75) is 90.4 Å². The van der Waals surface area contributed by atoms with Crippen molar-refractivity contribution in [1.82, 2.24) is 30.4 Å². The van der Waals surface area contributed by atoms with Gasteiger partial charge in [0.05, 0.1) is 6.54 Å². The van der Waals surface area contributed by atoms with E-state index in [1.54, 1.807) is 7.05 Å². The molecule has 0 radical (unpaired) electrons. The molecule has 8 nitrogen and oxygen atoms in total. The quantitative estimate of drug-likeness (QED) is 0.311. The van der Waals surface area contributed by atoms with Crippen LogP contribution >= 0.6 is 24.0 Å². The lowest BCUT2D eigenvalue weighted by atomic mass is 9.89. The molecule has 182 valence electrons. The first-order valence-electron chi connectivity index (χ1n) is 12.0. The first-order valence-corrected chi connectivity index (χ1v) is 12.0. The van der Waals surface area contributed by atoms with Crippen molar-refractivity contribution in [2.75, 3.05) is 7.05 Å². The van der Waals surface area contributed by atoms with Crippen LogP contribution in [0.4, 0.5) is 0 Å². The van der Waals surface area contributed by atoms with Crippen LogP contribution in [0.1, 0.15) is 76.0 Å². The van der Waals surface area contributed by atoms with E-state index in [1.807, 2.05) is 23.0 Å². The van der Waals surface area contributed by atoms with E-state index in [1.165, 1.54) is 12.8 Å². The normalized spacial score (nSPS) is 22.9. The number of pyridine rings is 1. The Bertz CT molecular complexity index is 921. The largest absolute Gasteiger partial charge is 0.474 e. The number of aliphatic imine (C=N–C) groups is 1. The number of rotatable bonds is 6. The van der Waals surface area contributed by atoms with E-state index in [0.717, 1.165) is 67.2 Å². The van der Waals surface area contributed by atoms with E-state index in [2.05, 4.69) is 51.5 Å². The molecule has 0 spiro atoms. The Balaban J connectivity index is 0.00000306. The van der Waals surface area contributed by atoms with Crippen LogP contribution in [0.2, 0.25) is 0 Å². The topological polar surface area (TPSA) is 89.2 Å². The molecule has 0 amide bonds. The van der Waals surface area contributed by atoms with Gasteiger partial charge in [0.15, 0.2) is 11.8 Å². The van der Waals surface area contributed by atoms with E-state index in [0.29, 0.717) is 18.6 Å². The first kappa shape index (κ1) is 25.7. The maximum absolute atomic E-state index is 6.15. The van der Waals surface area contributed by atoms with Gasteiger partial charge in [0.2, 0.25) is 5.88 Å². The molecule has 0 saturated heterocycles. The number of hydrogen-bond donors (Lipinski definition) is 2. The molecule has 2 aromatic rings. The predicted octanol–water partition coefficient (Wildman–Crippen LogP) is 4.05. The SMILES string of the molecule is CN=C(NCc1ccnc(OC2CCC(C)CC2)c1)NC1CCc2nc(C(C)C)nn2C1.I. The standard InChI is InChI=1S/C24H37N7O.HI/c1-16(2)23-29-21-10-7-19(15-31(21)30-23)28-24(25-4)27-14-18-11-12-26-22(13-18)32-20-8-5-17(3)6-9-20;/h11-13,16-17,19-20H,5-10,14-15H2,1-4H3,(H2,25,27,28);1H. The lowest BCUT2D eigenvalue weighted by molar-refractivity contribution is 0.130. The van der Waals surface area contributed by atoms with Crippen molar-refractivity contribution in [2.24, 2.45) is 10.9 Å². The fraction of sp³-hybridized carbons (Fsp3) is 0.667. The Kier molecular flexibility index (Phi) is 9.34. The van der Waals surface area contributed by atoms with Crippen molar-refractivity contribution in [3.63, 3.8) is 0 Å². The summed E-state index contributed by atoms with van der Waals surface area (Å²) in [7, 11) is 1.81. The summed E-state index contributed by atoms with van der Waals surface area (Å²) in [5.41, 5.74) is 1.13. The number of nitrogens with one attached hydrogen (secondary N) is 2. The number of halogens is 1. The van der Waals surface area contributed by atoms with Gasteiger partial charge in [-0.3, -0.25) is 4.99 Å². The van der Waals surface area contributed by atoms with Gasteiger partial charge in [-0.1, -0.05) is 20.8 Å². The molecule has 1 aliphatic heterocycles. The number of aryl methyl sites for hydroxylation is 1. The Morgan fingerprint density at radius 2 is 2.03 bits per heavy atom. The van der Waals surface area contributed by atoms with Gasteiger partial charge in [-0.2, -0.15) is 5.10 Å². The lowest BCUT2D eigenvalue weighted by Crippen LogP contribution is -2.46. The number of aromatic nitrogens is 4. The zero-order valence-electron chi connectivity index (χ0n) is 20.3. The highest BCUT2D eigenvalue weighted by Crippen LogP contribution is 2.26. The molecule has 1 aliphatic carbocycles. The van der Waals surface area contributed by atoms with Crippen molar-refractivity contribution in [3.8, 4) is 5.88 Å². The minimum atomic E-state index is 0. The molecule has 4 rings (SSSR count). The maximum Gasteiger partial charge on any atom is 0.213 e. The van der Waals surface area contributed by atoms with Gasteiger partial charge in [-0.25, -0.2) is 14.6 Å². The van der Waals surface area contributed by atoms with Crippen LogP contribution in [-0.4, -0.2) is 44.9 Å². The summed E-state index contributed by atoms with van der Waals surface area (Å²) in [6.07, 6.45) is 8.79. The number of hydrogen-bond acceptors (Lipinski definition) is 5. The predicted molar refractivity (Wildman–Crippen MR) is 141 cm³/mol. The summed E-state index contributed by atoms with van der Waals surface area (Å²) < 4.78 is 8.19. The summed E-state index contributed by atoms with van der Waals surface area (Å²) in [5.74, 6) is 4.70. The summed E-state index contributed by atoms with van der Waals surface area (Å²) in [5, 5.41) is 11.6. The second-order valence-electron chi connectivity index (χ2n) is 9.53. The number of fused-ring (bicyclic) bond motifs is 1. The summed E-state index contributed by atoms with van der Waals surface area (Å²) >= 11 is 0. The van der Waals surface area contributed by atoms with Crippen molar-refractivity contribution < 1.29 is 4.74 Å². The molecular formula is C24H38IN7O. The van der Waals surface area contributed by atoms with Gasteiger partial charge < -0.3 is 15.4 Å². The number of guanidine groups is 1. The molecule has 2 aromatic heterocycles. The van der Waals surface area contributed by atoms with Crippen LogP contribution in [0.25, 0.3) is 0 Å². The van der Waals surface area contributed by atoms with Crippen molar-refractivity contribution >= 4 is 29.9 Å². The summed E-state index contributed by atoms with van der Waals surface area (Å²) in [6, 6.07) is 4.33. The first-order chi connectivity index (χ1) is 15.5. The molecule has 1 atom stereocenters. The lowest BCUT2D eigenvalue weighted by Gasteiger charge is -2.26. The highest BCUT2D eigenvalue weighted by atomic mass is 127. The molecular weight excluding hydrogens is 529 g/mol. The second kappa shape index (κ2) is 12.0. The molecule has 1 saturated carbocycles. The molecule has 2 N–H and O–H groups in total. The summed E-state index contributed by atoms with van der Waals surface area (Å²) in [6.45, 7) is 8.06. The third-order valence-electron chi connectivity index (χ3n) is 6.46. The third kappa shape index (κ3) is 7.04. The molecule has 0 aromatic carbocycles. The van der Waals surface area contributed by atoms with Crippen LogP contribution in [0.15, 0.2) is 23.3 Å². The second-order valence-corrected chi connectivity index (χ2v) is 9.53. The minimum Gasteiger partial charge on any atom is -0.474 e. The molecule has 9 heteroatoms. The van der Waals surface area contributed by atoms with E-state index in [-0.39, 0.29) is 30.0 Å². The van der Waals surface area contributed by atoms with Gasteiger partial charge in [0.25, 0.3) is 0 Å². The van der Waals surface area contributed by atoms with E-state index < -0.39 is 0 Å². The Morgan fingerprint density at radius 3 is 2.76 bits per heavy atom. The van der Waals surface area contributed by atoms with E-state index in [4.69, 9.17) is 4.74 Å². The van der Waals surface area contributed by atoms with Gasteiger partial charge in [0.1, 0.15) is 11.9 Å². The zero-order chi connectivity index (χ0) is 22.5. The fourth-order valence-corrected chi connectivity index (χ4v) is 4.41. The van der Waals surface area contributed by atoms with Crippen LogP contribution in [0, 0.1) is 5.92 Å². The smallest absolute Gasteiger partial charge is 0.213 e. The Labute approximate surface area is 214 Å². The Hall–Kier alpha value is -1.91. The van der Waals surface area contributed by atoms with Gasteiger partial charge in [-0.05, 0) is 49.7 Å². The number of nitrogens with zero attached hydrogens (tertiary/aromatic N) is 5. The van der Waals surface area contributed by atoms with Crippen molar-refractivity contribution in [1.29, 1.82) is 0 Å². The van der Waals surface area contributed by atoms with Crippen LogP contribution in [0.5, 0.6) is 5.88 Å². The highest BCUT2D eigenvalue weighted by Gasteiger charge is 2.23. The maximum atomic E-state index is 6.15. The van der Waals surface area contributed by atoms with Crippen LogP contribution < -0.4 is 15.4 Å². The van der Waals surface area contributed by atoms with Gasteiger partial charge in [0, 0.05) is 44.2 Å². The minimum absolute atomic E-state index is 0. The van der Waals surface area contributed by atoms with Gasteiger partial charge >= 0.3 is 0 Å². The monoisotopic (exact) mass is 567 g/mol. The van der Waals surface area contributed by atoms with E-state index >= 15 is 0 Å².